The zero-order valence-electron chi connectivity index (χ0n) is 18.9. The third kappa shape index (κ3) is 10.0. The molecule has 1 aliphatic rings. The van der Waals surface area contributed by atoms with Crippen molar-refractivity contribution in [3.63, 3.8) is 0 Å². The van der Waals surface area contributed by atoms with E-state index in [1.165, 1.54) is 9.13 Å². The van der Waals surface area contributed by atoms with Gasteiger partial charge in [-0.2, -0.15) is 0 Å². The average molecular weight is 569 g/mol. The van der Waals surface area contributed by atoms with E-state index in [0.29, 0.717) is 46.2 Å². The van der Waals surface area contributed by atoms with Crippen LogP contribution in [0.3, 0.4) is 0 Å². The Bertz CT molecular complexity index is 835. The monoisotopic (exact) mass is 569 g/mol. The summed E-state index contributed by atoms with van der Waals surface area (Å²) < 4.78 is 18.7. The SMILES string of the molecule is O=[N+]([O-])c1ccc(CN2CCOCCOCCN(Cc3ccc(I)cc3)CCOCC2)cc1. The molecule has 1 aliphatic heterocycles. The zero-order chi connectivity index (χ0) is 23.3. The average Bonchev–Trinajstić information content (AvgIpc) is 2.82. The van der Waals surface area contributed by atoms with Crippen LogP contribution >= 0.6 is 22.6 Å². The molecule has 180 valence electrons. The molecule has 8 nitrogen and oxygen atoms in total. The maximum atomic E-state index is 10.9. The lowest BCUT2D eigenvalue weighted by Crippen LogP contribution is -2.32. The zero-order valence-corrected chi connectivity index (χ0v) is 21.0. The van der Waals surface area contributed by atoms with Gasteiger partial charge in [0.15, 0.2) is 0 Å². The second-order valence-electron chi connectivity index (χ2n) is 7.94. The molecule has 3 rings (SSSR count). The van der Waals surface area contributed by atoms with E-state index < -0.39 is 0 Å². The minimum absolute atomic E-state index is 0.109. The van der Waals surface area contributed by atoms with E-state index in [4.69, 9.17) is 14.2 Å². The molecule has 0 spiro atoms. The number of benzene rings is 2. The van der Waals surface area contributed by atoms with Crippen LogP contribution in [-0.2, 0) is 27.3 Å². The molecule has 1 heterocycles. The van der Waals surface area contributed by atoms with Crippen LogP contribution in [0, 0.1) is 13.7 Å². The maximum absolute atomic E-state index is 10.9. The van der Waals surface area contributed by atoms with Crippen LogP contribution in [0.1, 0.15) is 11.1 Å². The van der Waals surface area contributed by atoms with E-state index in [9.17, 15) is 10.1 Å². The van der Waals surface area contributed by atoms with Crippen LogP contribution in [0.25, 0.3) is 0 Å². The lowest BCUT2D eigenvalue weighted by Gasteiger charge is -2.23. The highest BCUT2D eigenvalue weighted by atomic mass is 127. The van der Waals surface area contributed by atoms with E-state index in [1.54, 1.807) is 12.1 Å². The third-order valence-corrected chi connectivity index (χ3v) is 6.17. The van der Waals surface area contributed by atoms with Gasteiger partial charge >= 0.3 is 0 Å². The van der Waals surface area contributed by atoms with Crippen molar-refractivity contribution in [3.8, 4) is 0 Å². The summed E-state index contributed by atoms with van der Waals surface area (Å²) in [5.41, 5.74) is 2.42. The number of rotatable bonds is 5. The molecule has 9 heteroatoms. The molecular formula is C24H32IN3O5. The number of non-ortho nitro benzene ring substituents is 1. The van der Waals surface area contributed by atoms with Gasteiger partial charge in [0, 0.05) is 55.0 Å². The molecule has 0 aliphatic carbocycles. The van der Waals surface area contributed by atoms with Crippen molar-refractivity contribution in [2.45, 2.75) is 13.1 Å². The number of halogens is 1. The van der Waals surface area contributed by atoms with Gasteiger partial charge in [0.1, 0.15) is 0 Å². The van der Waals surface area contributed by atoms with Gasteiger partial charge in [0.25, 0.3) is 5.69 Å². The van der Waals surface area contributed by atoms with Crippen LogP contribution in [0.4, 0.5) is 5.69 Å². The molecule has 2 aromatic carbocycles. The number of nitrogens with zero attached hydrogens (tertiary/aromatic N) is 3. The van der Waals surface area contributed by atoms with Crippen molar-refractivity contribution in [3.05, 3.63) is 73.3 Å². The summed E-state index contributed by atoms with van der Waals surface area (Å²) in [7, 11) is 0. The van der Waals surface area contributed by atoms with Crippen molar-refractivity contribution in [2.75, 3.05) is 65.8 Å². The molecule has 1 saturated heterocycles. The van der Waals surface area contributed by atoms with Crippen LogP contribution in [0.15, 0.2) is 48.5 Å². The summed E-state index contributed by atoms with van der Waals surface area (Å²) >= 11 is 2.32. The van der Waals surface area contributed by atoms with Gasteiger partial charge in [-0.3, -0.25) is 19.9 Å². The second kappa shape index (κ2) is 14.6. The largest absolute Gasteiger partial charge is 0.379 e. The Kier molecular flexibility index (Phi) is 11.5. The highest BCUT2D eigenvalue weighted by Crippen LogP contribution is 2.14. The standard InChI is InChI=1S/C24H32IN3O5/c25-23-5-1-21(2-6-23)19-26-9-13-31-14-10-27(12-16-33-18-17-32-15-11-26)20-22-3-7-24(8-4-22)28(29)30/h1-8H,9-20H2. The smallest absolute Gasteiger partial charge is 0.269 e. The van der Waals surface area contributed by atoms with Crippen molar-refractivity contribution >= 4 is 28.3 Å². The van der Waals surface area contributed by atoms with Gasteiger partial charge in [0.05, 0.1) is 44.6 Å². The lowest BCUT2D eigenvalue weighted by atomic mass is 10.2. The molecule has 2 aromatic rings. The predicted octanol–water partition coefficient (Wildman–Crippen LogP) is 3.57. The van der Waals surface area contributed by atoms with Crippen molar-refractivity contribution in [2.24, 2.45) is 0 Å². The Morgan fingerprint density at radius 3 is 1.52 bits per heavy atom. The molecule has 0 unspecified atom stereocenters. The highest BCUT2D eigenvalue weighted by molar-refractivity contribution is 14.1. The number of hydrogen-bond donors (Lipinski definition) is 0. The fourth-order valence-electron chi connectivity index (χ4n) is 3.57. The van der Waals surface area contributed by atoms with E-state index in [2.05, 4.69) is 56.7 Å². The summed E-state index contributed by atoms with van der Waals surface area (Å²) in [6, 6.07) is 15.3. The molecule has 0 saturated carbocycles. The molecule has 33 heavy (non-hydrogen) atoms. The van der Waals surface area contributed by atoms with E-state index in [-0.39, 0.29) is 10.6 Å². The van der Waals surface area contributed by atoms with E-state index in [0.717, 1.165) is 38.3 Å². The number of nitro benzene ring substituents is 1. The number of ether oxygens (including phenoxy) is 3. The van der Waals surface area contributed by atoms with Crippen molar-refractivity contribution in [1.29, 1.82) is 0 Å². The Morgan fingerprint density at radius 2 is 1.09 bits per heavy atom. The lowest BCUT2D eigenvalue weighted by molar-refractivity contribution is -0.384. The Hall–Kier alpha value is -1.63. The van der Waals surface area contributed by atoms with Gasteiger partial charge in [0.2, 0.25) is 0 Å². The van der Waals surface area contributed by atoms with Gasteiger partial charge in [-0.1, -0.05) is 24.3 Å². The minimum atomic E-state index is -0.375. The maximum Gasteiger partial charge on any atom is 0.269 e. The van der Waals surface area contributed by atoms with Crippen LogP contribution < -0.4 is 0 Å². The fourth-order valence-corrected chi connectivity index (χ4v) is 3.93. The first kappa shape index (κ1) is 26.0. The quantitative estimate of drug-likeness (QED) is 0.310. The van der Waals surface area contributed by atoms with Gasteiger partial charge < -0.3 is 14.2 Å². The van der Waals surface area contributed by atoms with Crippen molar-refractivity contribution in [1.82, 2.24) is 9.80 Å². The van der Waals surface area contributed by atoms with Crippen LogP contribution in [-0.4, -0.2) is 80.5 Å². The van der Waals surface area contributed by atoms with E-state index in [1.807, 2.05) is 12.1 Å². The minimum Gasteiger partial charge on any atom is -0.379 e. The first-order valence-corrected chi connectivity index (χ1v) is 12.3. The van der Waals surface area contributed by atoms with E-state index >= 15 is 0 Å². The Balaban J connectivity index is 1.51. The number of hydrogen-bond acceptors (Lipinski definition) is 7. The topological polar surface area (TPSA) is 77.3 Å². The Morgan fingerprint density at radius 1 is 0.697 bits per heavy atom. The molecule has 0 atom stereocenters. The molecule has 0 bridgehead atoms. The molecule has 0 amide bonds. The summed E-state index contributed by atoms with van der Waals surface area (Å²) in [5, 5.41) is 10.9. The molecule has 0 radical (unpaired) electrons. The fraction of sp³-hybridized carbons (Fsp3) is 0.500. The van der Waals surface area contributed by atoms with Crippen LogP contribution in [0.5, 0.6) is 0 Å². The van der Waals surface area contributed by atoms with Gasteiger partial charge in [-0.15, -0.1) is 0 Å². The molecular weight excluding hydrogens is 537 g/mol. The first-order chi connectivity index (χ1) is 16.1. The first-order valence-electron chi connectivity index (χ1n) is 11.3. The highest BCUT2D eigenvalue weighted by Gasteiger charge is 2.11. The number of nitro groups is 1. The van der Waals surface area contributed by atoms with Crippen LogP contribution in [0.2, 0.25) is 0 Å². The van der Waals surface area contributed by atoms with Gasteiger partial charge in [-0.05, 0) is 45.9 Å². The summed E-state index contributed by atoms with van der Waals surface area (Å²) in [6.45, 7) is 8.49. The molecule has 0 aromatic heterocycles. The Labute approximate surface area is 209 Å². The second-order valence-corrected chi connectivity index (χ2v) is 9.19. The molecule has 0 N–H and O–H groups in total. The van der Waals surface area contributed by atoms with Gasteiger partial charge in [-0.25, -0.2) is 0 Å². The summed E-state index contributed by atoms with van der Waals surface area (Å²) in [5.74, 6) is 0. The van der Waals surface area contributed by atoms with Crippen molar-refractivity contribution < 1.29 is 19.1 Å². The molecule has 1 fully saturated rings. The summed E-state index contributed by atoms with van der Waals surface area (Å²) in [6.07, 6.45) is 0. The summed E-state index contributed by atoms with van der Waals surface area (Å²) in [4.78, 5) is 15.1. The normalized spacial score (nSPS) is 18.3. The third-order valence-electron chi connectivity index (χ3n) is 5.45. The predicted molar refractivity (Wildman–Crippen MR) is 135 cm³/mol.